The molecule has 0 unspecified atom stereocenters. The molecule has 1 saturated heterocycles. The van der Waals surface area contributed by atoms with E-state index in [0.29, 0.717) is 25.1 Å². The summed E-state index contributed by atoms with van der Waals surface area (Å²) in [5.74, 6) is 1.16. The predicted octanol–water partition coefficient (Wildman–Crippen LogP) is 3.21. The van der Waals surface area contributed by atoms with Crippen LogP contribution >= 0.6 is 0 Å². The van der Waals surface area contributed by atoms with E-state index in [0.717, 1.165) is 49.2 Å². The Labute approximate surface area is 199 Å². The standard InChI is InChI=1S/C26H29FN6O/c1-30(2)24-22-18-33(25(34)19-8-10-20(27)11-9-19)13-12-23(22)28-26(29-24)32-16-14-31(15-17-32)21-6-4-3-5-7-21/h3-11H,12-18H2,1-2H3. The fourth-order valence-corrected chi connectivity index (χ4v) is 4.65. The number of benzene rings is 2. The van der Waals surface area contributed by atoms with Gasteiger partial charge in [0.2, 0.25) is 5.95 Å². The van der Waals surface area contributed by atoms with Gasteiger partial charge in [-0.3, -0.25) is 4.79 Å². The van der Waals surface area contributed by atoms with Crippen LogP contribution in [0.1, 0.15) is 21.6 Å². The van der Waals surface area contributed by atoms with Gasteiger partial charge in [-0.15, -0.1) is 0 Å². The molecule has 1 amide bonds. The molecular weight excluding hydrogens is 431 g/mol. The van der Waals surface area contributed by atoms with Crippen LogP contribution in [0.2, 0.25) is 0 Å². The maximum Gasteiger partial charge on any atom is 0.254 e. The summed E-state index contributed by atoms with van der Waals surface area (Å²) in [6.07, 6.45) is 0.669. The van der Waals surface area contributed by atoms with Crippen molar-refractivity contribution in [3.05, 3.63) is 77.2 Å². The minimum atomic E-state index is -0.346. The first-order chi connectivity index (χ1) is 16.5. The minimum Gasteiger partial charge on any atom is -0.368 e. The minimum absolute atomic E-state index is 0.100. The number of fused-ring (bicyclic) bond motifs is 1. The molecule has 0 saturated carbocycles. The van der Waals surface area contributed by atoms with E-state index in [2.05, 4.69) is 34.1 Å². The quantitative estimate of drug-likeness (QED) is 0.596. The molecule has 0 atom stereocenters. The number of piperazine rings is 1. The molecule has 34 heavy (non-hydrogen) atoms. The van der Waals surface area contributed by atoms with Gasteiger partial charge in [-0.2, -0.15) is 4.98 Å². The van der Waals surface area contributed by atoms with E-state index in [4.69, 9.17) is 9.97 Å². The second-order valence-electron chi connectivity index (χ2n) is 8.96. The molecule has 3 heterocycles. The van der Waals surface area contributed by atoms with Crippen LogP contribution in [0, 0.1) is 5.82 Å². The average Bonchev–Trinajstić information content (AvgIpc) is 2.88. The Morgan fingerprint density at radius 2 is 1.56 bits per heavy atom. The Bertz CT molecular complexity index is 1160. The van der Waals surface area contributed by atoms with E-state index in [1.807, 2.05) is 25.1 Å². The Morgan fingerprint density at radius 3 is 2.24 bits per heavy atom. The highest BCUT2D eigenvalue weighted by Crippen LogP contribution is 2.29. The largest absolute Gasteiger partial charge is 0.368 e. The lowest BCUT2D eigenvalue weighted by atomic mass is 10.0. The number of amides is 1. The predicted molar refractivity (Wildman–Crippen MR) is 132 cm³/mol. The molecule has 8 heteroatoms. The third-order valence-corrected chi connectivity index (χ3v) is 6.51. The SMILES string of the molecule is CN(C)c1nc(N2CCN(c3ccccc3)CC2)nc2c1CN(C(=O)c1ccc(F)cc1)CC2. The van der Waals surface area contributed by atoms with Crippen molar-refractivity contribution >= 4 is 23.4 Å². The monoisotopic (exact) mass is 460 g/mol. The number of rotatable bonds is 4. The van der Waals surface area contributed by atoms with Gasteiger partial charge in [-0.05, 0) is 36.4 Å². The third kappa shape index (κ3) is 4.40. The zero-order valence-electron chi connectivity index (χ0n) is 19.6. The van der Waals surface area contributed by atoms with Crippen molar-refractivity contribution in [2.24, 2.45) is 0 Å². The molecule has 1 aromatic heterocycles. The molecule has 2 aliphatic rings. The number of anilines is 3. The van der Waals surface area contributed by atoms with Gasteiger partial charge in [0.1, 0.15) is 11.6 Å². The molecule has 0 bridgehead atoms. The summed E-state index contributed by atoms with van der Waals surface area (Å²) in [4.78, 5) is 31.3. The van der Waals surface area contributed by atoms with Crippen molar-refractivity contribution in [3.8, 4) is 0 Å². The molecule has 0 N–H and O–H groups in total. The fourth-order valence-electron chi connectivity index (χ4n) is 4.65. The van der Waals surface area contributed by atoms with Crippen molar-refractivity contribution in [2.75, 3.05) is 61.5 Å². The maximum absolute atomic E-state index is 13.3. The second kappa shape index (κ2) is 9.29. The van der Waals surface area contributed by atoms with E-state index < -0.39 is 0 Å². The molecule has 0 spiro atoms. The van der Waals surface area contributed by atoms with Gasteiger partial charge in [-0.1, -0.05) is 18.2 Å². The molecule has 2 aliphatic heterocycles. The van der Waals surface area contributed by atoms with Gasteiger partial charge in [0.15, 0.2) is 0 Å². The summed E-state index contributed by atoms with van der Waals surface area (Å²) >= 11 is 0. The van der Waals surface area contributed by atoms with E-state index in [1.165, 1.54) is 30.0 Å². The lowest BCUT2D eigenvalue weighted by Crippen LogP contribution is -2.47. The number of para-hydroxylation sites is 1. The molecular formula is C26H29FN6O. The smallest absolute Gasteiger partial charge is 0.254 e. The summed E-state index contributed by atoms with van der Waals surface area (Å²) < 4.78 is 13.3. The number of halogens is 1. The zero-order valence-corrected chi connectivity index (χ0v) is 19.6. The highest BCUT2D eigenvalue weighted by molar-refractivity contribution is 5.94. The molecule has 0 aliphatic carbocycles. The Balaban J connectivity index is 1.34. The Hall–Kier alpha value is -3.68. The molecule has 1 fully saturated rings. The molecule has 2 aromatic carbocycles. The zero-order chi connectivity index (χ0) is 23.7. The van der Waals surface area contributed by atoms with Crippen LogP contribution in [0.25, 0.3) is 0 Å². The number of hydrogen-bond donors (Lipinski definition) is 0. The highest BCUT2D eigenvalue weighted by atomic mass is 19.1. The van der Waals surface area contributed by atoms with Crippen molar-refractivity contribution in [1.29, 1.82) is 0 Å². The van der Waals surface area contributed by atoms with Crippen LogP contribution in [-0.4, -0.2) is 67.6 Å². The van der Waals surface area contributed by atoms with E-state index >= 15 is 0 Å². The summed E-state index contributed by atoms with van der Waals surface area (Å²) in [6, 6.07) is 16.2. The Morgan fingerprint density at radius 1 is 0.882 bits per heavy atom. The summed E-state index contributed by atoms with van der Waals surface area (Å²) in [7, 11) is 3.95. The fraction of sp³-hybridized carbons (Fsp3) is 0.346. The van der Waals surface area contributed by atoms with Crippen LogP contribution in [0.15, 0.2) is 54.6 Å². The van der Waals surface area contributed by atoms with Crippen LogP contribution in [-0.2, 0) is 13.0 Å². The number of aromatic nitrogens is 2. The van der Waals surface area contributed by atoms with Crippen molar-refractivity contribution < 1.29 is 9.18 Å². The van der Waals surface area contributed by atoms with E-state index in [1.54, 1.807) is 4.90 Å². The summed E-state index contributed by atoms with van der Waals surface area (Å²) in [6.45, 7) is 4.57. The van der Waals surface area contributed by atoms with Gasteiger partial charge in [0.25, 0.3) is 5.91 Å². The lowest BCUT2D eigenvalue weighted by Gasteiger charge is -2.37. The van der Waals surface area contributed by atoms with Crippen LogP contribution < -0.4 is 14.7 Å². The highest BCUT2D eigenvalue weighted by Gasteiger charge is 2.29. The van der Waals surface area contributed by atoms with Crippen LogP contribution in [0.5, 0.6) is 0 Å². The topological polar surface area (TPSA) is 55.8 Å². The molecule has 176 valence electrons. The molecule has 7 nitrogen and oxygen atoms in total. The molecule has 5 rings (SSSR count). The first-order valence-electron chi connectivity index (χ1n) is 11.7. The van der Waals surface area contributed by atoms with Crippen molar-refractivity contribution in [3.63, 3.8) is 0 Å². The first-order valence-corrected chi connectivity index (χ1v) is 11.7. The Kier molecular flexibility index (Phi) is 6.04. The first kappa shape index (κ1) is 22.1. The lowest BCUT2D eigenvalue weighted by molar-refractivity contribution is 0.0733. The van der Waals surface area contributed by atoms with Crippen LogP contribution in [0.3, 0.4) is 0 Å². The normalized spacial score (nSPS) is 15.8. The maximum atomic E-state index is 13.3. The van der Waals surface area contributed by atoms with Crippen LogP contribution in [0.4, 0.5) is 21.8 Å². The van der Waals surface area contributed by atoms with E-state index in [-0.39, 0.29) is 11.7 Å². The van der Waals surface area contributed by atoms with Gasteiger partial charge in [-0.25, -0.2) is 9.37 Å². The van der Waals surface area contributed by atoms with E-state index in [9.17, 15) is 9.18 Å². The number of carbonyl (C=O) groups excluding carboxylic acids is 1. The average molecular weight is 461 g/mol. The van der Waals surface area contributed by atoms with Crippen molar-refractivity contribution in [2.45, 2.75) is 13.0 Å². The van der Waals surface area contributed by atoms with Gasteiger partial charge >= 0.3 is 0 Å². The van der Waals surface area contributed by atoms with Gasteiger partial charge in [0, 0.05) is 70.1 Å². The third-order valence-electron chi connectivity index (χ3n) is 6.51. The molecule has 3 aromatic rings. The van der Waals surface area contributed by atoms with Gasteiger partial charge < -0.3 is 19.6 Å². The summed E-state index contributed by atoms with van der Waals surface area (Å²) in [5, 5.41) is 0. The molecule has 0 radical (unpaired) electrons. The second-order valence-corrected chi connectivity index (χ2v) is 8.96. The van der Waals surface area contributed by atoms with Gasteiger partial charge in [0.05, 0.1) is 12.2 Å². The number of carbonyl (C=O) groups is 1. The summed E-state index contributed by atoms with van der Waals surface area (Å²) in [5.41, 5.74) is 3.72. The number of nitrogens with zero attached hydrogens (tertiary/aromatic N) is 6. The number of hydrogen-bond acceptors (Lipinski definition) is 6. The van der Waals surface area contributed by atoms with Crippen molar-refractivity contribution in [1.82, 2.24) is 14.9 Å².